The van der Waals surface area contributed by atoms with Crippen molar-refractivity contribution in [3.05, 3.63) is 52.5 Å². The molecule has 2 aromatic rings. The van der Waals surface area contributed by atoms with Crippen LogP contribution in [0, 0.1) is 0 Å². The maximum atomic E-state index is 12.3. The van der Waals surface area contributed by atoms with Crippen molar-refractivity contribution in [3.8, 4) is 0 Å². The van der Waals surface area contributed by atoms with Crippen LogP contribution in [0.1, 0.15) is 29.6 Å². The minimum Gasteiger partial charge on any atom is -0.345 e. The summed E-state index contributed by atoms with van der Waals surface area (Å²) in [5.41, 5.74) is 0.812. The highest BCUT2D eigenvalue weighted by molar-refractivity contribution is 7.09. The fourth-order valence-electron chi connectivity index (χ4n) is 2.57. The number of nitrogens with one attached hydrogen (secondary N) is 1. The van der Waals surface area contributed by atoms with Gasteiger partial charge in [0.15, 0.2) is 0 Å². The zero-order valence-electron chi connectivity index (χ0n) is 11.5. The molecular weight excluding hydrogens is 286 g/mol. The summed E-state index contributed by atoms with van der Waals surface area (Å²) in [5.74, 6) is -0.240. The Bertz CT molecular complexity index is 642. The lowest BCUT2D eigenvalue weighted by molar-refractivity contribution is -0.148. The third-order valence-corrected chi connectivity index (χ3v) is 4.52. The van der Waals surface area contributed by atoms with Gasteiger partial charge >= 0.3 is 0 Å². The lowest BCUT2D eigenvalue weighted by atomic mass is 10.0. The molecule has 1 fully saturated rings. The number of amides is 2. The van der Waals surface area contributed by atoms with Crippen LogP contribution in [0.25, 0.3) is 0 Å². The van der Waals surface area contributed by atoms with Crippen LogP contribution < -0.4 is 5.32 Å². The molecule has 1 aromatic heterocycles. The predicted molar refractivity (Wildman–Crippen MR) is 79.6 cm³/mol. The van der Waals surface area contributed by atoms with Gasteiger partial charge in [0.1, 0.15) is 11.0 Å². The average Bonchev–Trinajstić information content (AvgIpc) is 3.04. The second kappa shape index (κ2) is 5.65. The number of nitrogens with zero attached hydrogens (tertiary/aromatic N) is 2. The number of benzene rings is 1. The second-order valence-corrected chi connectivity index (χ2v) is 5.80. The summed E-state index contributed by atoms with van der Waals surface area (Å²) in [7, 11) is 0. The Morgan fingerprint density at radius 2 is 2.10 bits per heavy atom. The molecule has 2 amide bonds. The third kappa shape index (κ3) is 2.54. The van der Waals surface area contributed by atoms with Crippen LogP contribution in [0.5, 0.6) is 0 Å². The van der Waals surface area contributed by atoms with Crippen LogP contribution in [0.4, 0.5) is 0 Å². The van der Waals surface area contributed by atoms with Crippen LogP contribution in [-0.2, 0) is 9.59 Å². The van der Waals surface area contributed by atoms with E-state index < -0.39 is 6.04 Å². The van der Waals surface area contributed by atoms with Crippen molar-refractivity contribution < 1.29 is 9.59 Å². The van der Waals surface area contributed by atoms with Crippen molar-refractivity contribution in [2.75, 3.05) is 6.54 Å². The normalized spacial score (nSPS) is 20.2. The molecular formula is C15H15N3O2S. The van der Waals surface area contributed by atoms with Crippen molar-refractivity contribution in [1.82, 2.24) is 15.2 Å². The van der Waals surface area contributed by atoms with Gasteiger partial charge in [-0.2, -0.15) is 0 Å². The molecule has 1 N–H and O–H groups in total. The fourth-order valence-corrected chi connectivity index (χ4v) is 3.26. The van der Waals surface area contributed by atoms with Gasteiger partial charge < -0.3 is 10.2 Å². The highest BCUT2D eigenvalue weighted by Crippen LogP contribution is 2.33. The molecule has 2 heterocycles. The fraction of sp³-hybridized carbons (Fsp3) is 0.267. The summed E-state index contributed by atoms with van der Waals surface area (Å²) in [6.07, 6.45) is 1.71. The molecule has 1 saturated heterocycles. The Morgan fingerprint density at radius 1 is 1.33 bits per heavy atom. The average molecular weight is 301 g/mol. The molecule has 1 aliphatic rings. The molecule has 0 radical (unpaired) electrons. The lowest BCUT2D eigenvalue weighted by Crippen LogP contribution is -2.54. The minimum absolute atomic E-state index is 0.0396. The van der Waals surface area contributed by atoms with Crippen molar-refractivity contribution in [2.24, 2.45) is 0 Å². The van der Waals surface area contributed by atoms with Crippen molar-refractivity contribution in [1.29, 1.82) is 0 Å². The first-order chi connectivity index (χ1) is 10.2. The van der Waals surface area contributed by atoms with Crippen LogP contribution in [0.3, 0.4) is 0 Å². The molecule has 1 aromatic carbocycles. The van der Waals surface area contributed by atoms with Gasteiger partial charge in [-0.25, -0.2) is 4.98 Å². The lowest BCUT2D eigenvalue weighted by Gasteiger charge is -2.38. The number of hydrogen-bond acceptors (Lipinski definition) is 4. The molecule has 0 saturated carbocycles. The molecule has 6 heteroatoms. The number of hydrogen-bond donors (Lipinski definition) is 1. The van der Waals surface area contributed by atoms with Gasteiger partial charge in [-0.1, -0.05) is 30.3 Å². The summed E-state index contributed by atoms with van der Waals surface area (Å²) in [4.78, 5) is 30.6. The summed E-state index contributed by atoms with van der Waals surface area (Å²) in [6, 6.07) is 8.53. The number of aromatic nitrogens is 1. The number of carbonyl (C=O) groups excluding carboxylic acids is 2. The summed E-state index contributed by atoms with van der Waals surface area (Å²) < 4.78 is 0. The summed E-state index contributed by atoms with van der Waals surface area (Å²) >= 11 is 1.49. The first kappa shape index (κ1) is 13.8. The molecule has 0 aliphatic carbocycles. The summed E-state index contributed by atoms with van der Waals surface area (Å²) in [5, 5.41) is 5.37. The number of piperazine rings is 1. The Labute approximate surface area is 126 Å². The van der Waals surface area contributed by atoms with E-state index in [9.17, 15) is 9.59 Å². The molecule has 0 spiro atoms. The highest BCUT2D eigenvalue weighted by atomic mass is 32.1. The van der Waals surface area contributed by atoms with Gasteiger partial charge in [-0.05, 0) is 12.5 Å². The maximum absolute atomic E-state index is 12.3. The van der Waals surface area contributed by atoms with Crippen LogP contribution >= 0.6 is 11.3 Å². The van der Waals surface area contributed by atoms with E-state index in [2.05, 4.69) is 10.3 Å². The van der Waals surface area contributed by atoms with E-state index in [1.807, 2.05) is 42.6 Å². The quantitative estimate of drug-likeness (QED) is 0.942. The van der Waals surface area contributed by atoms with Gasteiger partial charge in [0, 0.05) is 11.6 Å². The number of rotatable bonds is 3. The Morgan fingerprint density at radius 3 is 2.76 bits per heavy atom. The van der Waals surface area contributed by atoms with Crippen molar-refractivity contribution in [3.63, 3.8) is 0 Å². The summed E-state index contributed by atoms with van der Waals surface area (Å²) in [6.45, 7) is 1.95. The first-order valence-corrected chi connectivity index (χ1v) is 7.59. The van der Waals surface area contributed by atoms with Gasteiger partial charge in [0.2, 0.25) is 11.8 Å². The number of carbonyl (C=O) groups is 2. The van der Waals surface area contributed by atoms with Crippen LogP contribution in [0.2, 0.25) is 0 Å². The monoisotopic (exact) mass is 301 g/mol. The number of thiazole rings is 1. The van der Waals surface area contributed by atoms with E-state index >= 15 is 0 Å². The zero-order valence-corrected chi connectivity index (χ0v) is 12.3. The van der Waals surface area contributed by atoms with Gasteiger partial charge in [0.05, 0.1) is 12.6 Å². The largest absolute Gasteiger partial charge is 0.345 e. The standard InChI is InChI=1S/C15H15N3O2S/c1-10(15-16-7-8-21-15)18-12(19)9-17-14(20)13(18)11-5-3-2-4-6-11/h2-8,10,13H,9H2,1H3,(H,17,20). The van der Waals surface area contributed by atoms with Gasteiger partial charge in [0.25, 0.3) is 0 Å². The third-order valence-electron chi connectivity index (χ3n) is 3.57. The Kier molecular flexibility index (Phi) is 3.70. The molecule has 5 nitrogen and oxygen atoms in total. The van der Waals surface area contributed by atoms with Crippen LogP contribution in [-0.4, -0.2) is 28.2 Å². The second-order valence-electron chi connectivity index (χ2n) is 4.88. The van der Waals surface area contributed by atoms with Crippen LogP contribution in [0.15, 0.2) is 41.9 Å². The SMILES string of the molecule is CC(c1nccs1)N1C(=O)CNC(=O)C1c1ccccc1. The van der Waals surface area contributed by atoms with Gasteiger partial charge in [-0.15, -0.1) is 11.3 Å². The Hall–Kier alpha value is -2.21. The van der Waals surface area contributed by atoms with E-state index in [1.54, 1.807) is 11.1 Å². The minimum atomic E-state index is -0.605. The Balaban J connectivity index is 2.00. The molecule has 21 heavy (non-hydrogen) atoms. The molecule has 1 aliphatic heterocycles. The molecule has 0 bridgehead atoms. The van der Waals surface area contributed by atoms with Crippen molar-refractivity contribution in [2.45, 2.75) is 19.0 Å². The first-order valence-electron chi connectivity index (χ1n) is 6.71. The van der Waals surface area contributed by atoms with E-state index in [1.165, 1.54) is 11.3 Å². The van der Waals surface area contributed by atoms with E-state index in [0.717, 1.165) is 10.6 Å². The van der Waals surface area contributed by atoms with E-state index in [-0.39, 0.29) is 24.4 Å². The molecule has 2 atom stereocenters. The topological polar surface area (TPSA) is 62.3 Å². The van der Waals surface area contributed by atoms with E-state index in [4.69, 9.17) is 0 Å². The van der Waals surface area contributed by atoms with Gasteiger partial charge in [-0.3, -0.25) is 9.59 Å². The molecule has 2 unspecified atom stereocenters. The maximum Gasteiger partial charge on any atom is 0.247 e. The predicted octanol–water partition coefficient (Wildman–Crippen LogP) is 1.90. The smallest absolute Gasteiger partial charge is 0.247 e. The molecule has 3 rings (SSSR count). The highest BCUT2D eigenvalue weighted by Gasteiger charge is 2.39. The molecule has 108 valence electrons. The van der Waals surface area contributed by atoms with Crippen molar-refractivity contribution >= 4 is 23.2 Å². The zero-order chi connectivity index (χ0) is 14.8. The van der Waals surface area contributed by atoms with E-state index in [0.29, 0.717) is 0 Å².